The van der Waals surface area contributed by atoms with Gasteiger partial charge in [-0.1, -0.05) is 0 Å². The molecule has 0 aromatic carbocycles. The number of hydrogen-bond acceptors (Lipinski definition) is 4. The first-order valence-electron chi connectivity index (χ1n) is 3.39. The molecule has 5 N–H and O–H groups in total. The van der Waals surface area contributed by atoms with Crippen LogP contribution < -0.4 is 5.73 Å². The Balaban J connectivity index is 0. The molecule has 0 spiro atoms. The second-order valence-electron chi connectivity index (χ2n) is 2.14. The van der Waals surface area contributed by atoms with Crippen molar-refractivity contribution in [1.29, 1.82) is 0 Å². The van der Waals surface area contributed by atoms with Gasteiger partial charge in [0.2, 0.25) is 0 Å². The lowest BCUT2D eigenvalue weighted by Gasteiger charge is -1.90. The van der Waals surface area contributed by atoms with Crippen LogP contribution in [0.2, 0.25) is 0 Å². The topological polar surface area (TPSA) is 138 Å². The molecule has 0 aromatic heterocycles. The highest BCUT2D eigenvalue weighted by Crippen LogP contribution is 1.70. The monoisotopic (exact) mass is 205 g/mol. The molecule has 0 aliphatic heterocycles. The molecule has 0 radical (unpaired) electrons. The minimum Gasteiger partial charge on any atom is -0.480 e. The van der Waals surface area contributed by atoms with Crippen molar-refractivity contribution in [2.45, 2.75) is 13.0 Å². The first kappa shape index (κ1) is 14.6. The Labute approximate surface area is 79.5 Å². The van der Waals surface area contributed by atoms with E-state index >= 15 is 0 Å². The molecule has 0 rings (SSSR count). The van der Waals surface area contributed by atoms with E-state index in [2.05, 4.69) is 0 Å². The van der Waals surface area contributed by atoms with Crippen LogP contribution in [-0.4, -0.2) is 39.3 Å². The van der Waals surface area contributed by atoms with Crippen LogP contribution in [-0.2, 0) is 14.4 Å². The summed E-state index contributed by atoms with van der Waals surface area (Å²) in [4.78, 5) is 28.7. The minimum atomic E-state index is -1.26. The zero-order valence-corrected chi connectivity index (χ0v) is 7.38. The number of hydrogen-bond donors (Lipinski definition) is 4. The third kappa shape index (κ3) is 16.6. The molecule has 0 heterocycles. The van der Waals surface area contributed by atoms with Gasteiger partial charge in [0.05, 0.1) is 0 Å². The maximum Gasteiger partial charge on any atom is 0.328 e. The summed E-state index contributed by atoms with van der Waals surface area (Å²) in [5, 5.41) is 23.5. The van der Waals surface area contributed by atoms with Gasteiger partial charge in [-0.25, -0.2) is 9.59 Å². The van der Waals surface area contributed by atoms with Gasteiger partial charge in [0, 0.05) is 12.2 Å². The van der Waals surface area contributed by atoms with E-state index in [1.54, 1.807) is 0 Å². The molecular formula is C7H11NO6. The van der Waals surface area contributed by atoms with Gasteiger partial charge in [0.15, 0.2) is 0 Å². The molecule has 0 unspecified atom stereocenters. The Morgan fingerprint density at radius 3 is 1.36 bits per heavy atom. The Morgan fingerprint density at radius 1 is 1.07 bits per heavy atom. The van der Waals surface area contributed by atoms with Gasteiger partial charge in [0.1, 0.15) is 6.04 Å². The van der Waals surface area contributed by atoms with Crippen LogP contribution in [0.25, 0.3) is 0 Å². The Hall–Kier alpha value is -1.89. The third-order valence-corrected chi connectivity index (χ3v) is 0.758. The van der Waals surface area contributed by atoms with Crippen molar-refractivity contribution in [2.75, 3.05) is 0 Å². The molecule has 7 heteroatoms. The summed E-state index contributed by atoms with van der Waals surface area (Å²) in [5.41, 5.74) is 4.84. The Kier molecular flexibility index (Phi) is 8.09. The lowest BCUT2D eigenvalue weighted by molar-refractivity contribution is -0.138. The van der Waals surface area contributed by atoms with Crippen LogP contribution in [0.4, 0.5) is 0 Å². The minimum absolute atomic E-state index is 0.558. The van der Waals surface area contributed by atoms with Crippen molar-refractivity contribution in [3.63, 3.8) is 0 Å². The fourth-order valence-electron chi connectivity index (χ4n) is 0.143. The summed E-state index contributed by atoms with van der Waals surface area (Å²) in [6.45, 7) is 1.42. The summed E-state index contributed by atoms with van der Waals surface area (Å²) < 4.78 is 0. The molecule has 14 heavy (non-hydrogen) atoms. The van der Waals surface area contributed by atoms with Gasteiger partial charge in [-0.2, -0.15) is 0 Å². The van der Waals surface area contributed by atoms with E-state index in [9.17, 15) is 14.4 Å². The summed E-state index contributed by atoms with van der Waals surface area (Å²) >= 11 is 0. The van der Waals surface area contributed by atoms with Crippen LogP contribution in [0, 0.1) is 0 Å². The molecule has 0 fully saturated rings. The average Bonchev–Trinajstić information content (AvgIpc) is 2.01. The maximum atomic E-state index is 9.57. The lowest BCUT2D eigenvalue weighted by Crippen LogP contribution is -2.25. The second kappa shape index (κ2) is 7.74. The van der Waals surface area contributed by atoms with Crippen LogP contribution in [0.3, 0.4) is 0 Å². The highest BCUT2D eigenvalue weighted by Gasteiger charge is 1.99. The maximum absolute atomic E-state index is 9.57. The van der Waals surface area contributed by atoms with E-state index in [1.807, 2.05) is 0 Å². The molecular weight excluding hydrogens is 194 g/mol. The molecule has 0 bridgehead atoms. The van der Waals surface area contributed by atoms with E-state index in [1.165, 1.54) is 6.92 Å². The van der Waals surface area contributed by atoms with Crippen molar-refractivity contribution in [2.24, 2.45) is 5.73 Å². The summed E-state index contributed by atoms with van der Waals surface area (Å²) in [6, 6.07) is -0.731. The molecule has 1 atom stereocenters. The molecule has 0 saturated carbocycles. The molecule has 7 nitrogen and oxygen atoms in total. The molecule has 0 aliphatic rings. The van der Waals surface area contributed by atoms with Gasteiger partial charge in [0.25, 0.3) is 0 Å². The van der Waals surface area contributed by atoms with Crippen molar-refractivity contribution in [3.8, 4) is 0 Å². The van der Waals surface area contributed by atoms with Crippen molar-refractivity contribution in [3.05, 3.63) is 12.2 Å². The first-order valence-corrected chi connectivity index (χ1v) is 3.39. The smallest absolute Gasteiger partial charge is 0.328 e. The van der Waals surface area contributed by atoms with Crippen molar-refractivity contribution >= 4 is 17.9 Å². The largest absolute Gasteiger partial charge is 0.480 e. The number of carboxylic acids is 3. The number of nitrogens with two attached hydrogens (primary N) is 1. The lowest BCUT2D eigenvalue weighted by atomic mass is 10.4. The fourth-order valence-corrected chi connectivity index (χ4v) is 0.143. The van der Waals surface area contributed by atoms with Crippen molar-refractivity contribution in [1.82, 2.24) is 0 Å². The molecule has 0 aromatic rings. The van der Waals surface area contributed by atoms with E-state index in [4.69, 9.17) is 21.1 Å². The number of rotatable bonds is 3. The summed E-state index contributed by atoms with van der Waals surface area (Å²) in [5.74, 6) is -3.48. The molecule has 0 amide bonds. The van der Waals surface area contributed by atoms with E-state index in [-0.39, 0.29) is 0 Å². The average molecular weight is 205 g/mol. The molecule has 0 aliphatic carbocycles. The zero-order chi connectivity index (χ0) is 11.7. The zero-order valence-electron chi connectivity index (χ0n) is 7.38. The fraction of sp³-hybridized carbons (Fsp3) is 0.286. The molecule has 0 saturated heterocycles. The Morgan fingerprint density at radius 2 is 1.29 bits per heavy atom. The molecule has 80 valence electrons. The number of aliphatic carboxylic acids is 3. The van der Waals surface area contributed by atoms with E-state index in [0.717, 1.165) is 0 Å². The third-order valence-electron chi connectivity index (χ3n) is 0.758. The van der Waals surface area contributed by atoms with Crippen LogP contribution in [0.1, 0.15) is 6.92 Å². The van der Waals surface area contributed by atoms with Gasteiger partial charge in [-0.3, -0.25) is 4.79 Å². The second-order valence-corrected chi connectivity index (χ2v) is 2.14. The van der Waals surface area contributed by atoms with Crippen LogP contribution in [0.15, 0.2) is 12.2 Å². The van der Waals surface area contributed by atoms with Crippen LogP contribution in [0.5, 0.6) is 0 Å². The standard InChI is InChI=1S/C4H4O4.C3H7NO2/c5-3(6)1-2-4(7)8;1-2(4)3(5)6/h1-2H,(H,5,6)(H,7,8);2H,4H2,1H3,(H,5,6)/b2-1+;/t;2-/m.0/s1. The quantitative estimate of drug-likeness (QED) is 0.439. The highest BCUT2D eigenvalue weighted by atomic mass is 16.4. The SMILES string of the molecule is C[C@H](N)C(=O)O.O=C(O)/C=C/C(=O)O. The van der Waals surface area contributed by atoms with Crippen LogP contribution >= 0.6 is 0 Å². The number of carboxylic acid groups (broad SMARTS) is 3. The predicted molar refractivity (Wildman–Crippen MR) is 45.7 cm³/mol. The van der Waals surface area contributed by atoms with E-state index < -0.39 is 23.9 Å². The Bertz CT molecular complexity index is 229. The van der Waals surface area contributed by atoms with Crippen molar-refractivity contribution < 1.29 is 29.7 Å². The van der Waals surface area contributed by atoms with Gasteiger partial charge in [-0.05, 0) is 6.92 Å². The normalized spacial score (nSPS) is 11.3. The summed E-state index contributed by atoms with van der Waals surface area (Å²) in [7, 11) is 0. The van der Waals surface area contributed by atoms with Gasteiger partial charge >= 0.3 is 17.9 Å². The van der Waals surface area contributed by atoms with Gasteiger partial charge in [-0.15, -0.1) is 0 Å². The predicted octanol–water partition coefficient (Wildman–Crippen LogP) is -0.870. The van der Waals surface area contributed by atoms with Gasteiger partial charge < -0.3 is 21.1 Å². The van der Waals surface area contributed by atoms with E-state index in [0.29, 0.717) is 12.2 Å². The summed E-state index contributed by atoms with van der Waals surface area (Å²) in [6.07, 6.45) is 1.12. The highest BCUT2D eigenvalue weighted by molar-refractivity contribution is 5.89. The first-order chi connectivity index (χ1) is 6.27. The number of carbonyl (C=O) groups is 3.